The molecular weight excluding hydrogens is 318 g/mol. The zero-order chi connectivity index (χ0) is 17.0. The average Bonchev–Trinajstić information content (AvgIpc) is 3.15. The van der Waals surface area contributed by atoms with E-state index in [-0.39, 0.29) is 0 Å². The molecule has 0 spiro atoms. The lowest BCUT2D eigenvalue weighted by atomic mass is 10.1. The fourth-order valence-corrected chi connectivity index (χ4v) is 9.14. The van der Waals surface area contributed by atoms with E-state index in [1.165, 1.54) is 27.3 Å². The van der Waals surface area contributed by atoms with Crippen molar-refractivity contribution in [2.75, 3.05) is 0 Å². The van der Waals surface area contributed by atoms with Crippen LogP contribution >= 0.6 is 0 Å². The van der Waals surface area contributed by atoms with Crippen LogP contribution in [0.4, 0.5) is 0 Å². The molecule has 1 aliphatic rings. The van der Waals surface area contributed by atoms with Crippen LogP contribution in [0.3, 0.4) is 0 Å². The highest BCUT2D eigenvalue weighted by atomic mass is 28.3. The smallest absolute Gasteiger partial charge is 0.149 e. The fourth-order valence-electron chi connectivity index (χ4n) is 4.75. The van der Waals surface area contributed by atoms with E-state index < -0.39 is 8.07 Å². The van der Waals surface area contributed by atoms with Crippen LogP contribution in [-0.2, 0) is 6.54 Å². The molecule has 2 heteroatoms. The van der Waals surface area contributed by atoms with Crippen LogP contribution in [0.25, 0.3) is 22.2 Å². The molecule has 0 saturated heterocycles. The summed E-state index contributed by atoms with van der Waals surface area (Å²) >= 11 is 0. The van der Waals surface area contributed by atoms with Crippen LogP contribution < -0.4 is 15.6 Å². The molecule has 1 nitrogen and oxygen atoms in total. The van der Waals surface area contributed by atoms with Crippen molar-refractivity contribution in [3.8, 4) is 11.3 Å². The Hall–Kier alpha value is -2.58. The summed E-state index contributed by atoms with van der Waals surface area (Å²) in [7, 11) is -1.98. The summed E-state index contributed by atoms with van der Waals surface area (Å²) in [4.78, 5) is 0. The van der Waals surface area contributed by atoms with Gasteiger partial charge in [0.1, 0.15) is 8.07 Å². The van der Waals surface area contributed by atoms with Gasteiger partial charge in [-0.1, -0.05) is 79.3 Å². The predicted molar refractivity (Wildman–Crippen MR) is 110 cm³/mol. The molecule has 1 aliphatic heterocycles. The summed E-state index contributed by atoms with van der Waals surface area (Å²) in [5.74, 6) is 0. The maximum Gasteiger partial charge on any atom is 0.149 e. The largest absolute Gasteiger partial charge is 0.341 e. The van der Waals surface area contributed by atoms with Crippen LogP contribution in [0.15, 0.2) is 78.9 Å². The summed E-state index contributed by atoms with van der Waals surface area (Å²) in [5, 5.41) is 6.09. The molecule has 0 amide bonds. The van der Waals surface area contributed by atoms with Crippen LogP contribution in [0.1, 0.15) is 6.92 Å². The van der Waals surface area contributed by atoms with E-state index in [9.17, 15) is 0 Å². The van der Waals surface area contributed by atoms with E-state index >= 15 is 0 Å². The fraction of sp³-hybridized carbons (Fsp3) is 0.130. The SMILES string of the molecule is CCn1c2c(c3ccccc31)[Si](C)(c1ccccc1)c1ccccc1-2. The Morgan fingerprint density at radius 1 is 0.800 bits per heavy atom. The first-order chi connectivity index (χ1) is 12.3. The molecule has 0 saturated carbocycles. The monoisotopic (exact) mass is 339 g/mol. The van der Waals surface area contributed by atoms with E-state index in [1.807, 2.05) is 0 Å². The minimum Gasteiger partial charge on any atom is -0.341 e. The number of aromatic nitrogens is 1. The van der Waals surface area contributed by atoms with E-state index in [0.29, 0.717) is 0 Å². The first kappa shape index (κ1) is 14.7. The van der Waals surface area contributed by atoms with Crippen molar-refractivity contribution < 1.29 is 0 Å². The molecule has 1 atom stereocenters. The average molecular weight is 340 g/mol. The molecule has 0 N–H and O–H groups in total. The topological polar surface area (TPSA) is 4.93 Å². The first-order valence-corrected chi connectivity index (χ1v) is 11.5. The number of hydrogen-bond acceptors (Lipinski definition) is 0. The van der Waals surface area contributed by atoms with Crippen molar-refractivity contribution in [3.05, 3.63) is 78.9 Å². The number of aryl methyl sites for hydroxylation is 1. The second-order valence-electron chi connectivity index (χ2n) is 7.02. The van der Waals surface area contributed by atoms with Gasteiger partial charge in [0, 0.05) is 23.1 Å². The normalized spacial score (nSPS) is 18.3. The Morgan fingerprint density at radius 2 is 1.48 bits per heavy atom. The van der Waals surface area contributed by atoms with Gasteiger partial charge in [-0.05, 0) is 34.1 Å². The third-order valence-corrected chi connectivity index (χ3v) is 10.4. The number of para-hydroxylation sites is 1. The molecule has 0 aliphatic carbocycles. The number of fused-ring (bicyclic) bond motifs is 5. The van der Waals surface area contributed by atoms with Gasteiger partial charge in [-0.25, -0.2) is 0 Å². The highest BCUT2D eigenvalue weighted by Crippen LogP contribution is 2.34. The second-order valence-corrected chi connectivity index (χ2v) is 10.9. The second kappa shape index (κ2) is 5.20. The molecule has 0 bridgehead atoms. The quantitative estimate of drug-likeness (QED) is 0.490. The number of nitrogens with zero attached hydrogens (tertiary/aromatic N) is 1. The minimum absolute atomic E-state index is 1.00. The molecule has 3 aromatic carbocycles. The summed E-state index contributed by atoms with van der Waals surface area (Å²) < 4.78 is 2.52. The molecule has 122 valence electrons. The van der Waals surface area contributed by atoms with Crippen LogP contribution in [0.2, 0.25) is 6.55 Å². The Balaban J connectivity index is 2.00. The van der Waals surface area contributed by atoms with Crippen molar-refractivity contribution in [3.63, 3.8) is 0 Å². The maximum absolute atomic E-state index is 2.53. The lowest BCUT2D eigenvalue weighted by molar-refractivity contribution is 0.807. The molecule has 0 fully saturated rings. The Kier molecular flexibility index (Phi) is 3.07. The number of hydrogen-bond donors (Lipinski definition) is 0. The lowest BCUT2D eigenvalue weighted by Gasteiger charge is -2.25. The number of benzene rings is 3. The molecule has 4 aromatic rings. The van der Waals surface area contributed by atoms with Gasteiger partial charge < -0.3 is 4.57 Å². The van der Waals surface area contributed by atoms with Crippen molar-refractivity contribution in [1.82, 2.24) is 4.57 Å². The summed E-state index contributed by atoms with van der Waals surface area (Å²) in [6.45, 7) is 5.79. The third-order valence-electron chi connectivity index (χ3n) is 5.86. The zero-order valence-electron chi connectivity index (χ0n) is 14.7. The van der Waals surface area contributed by atoms with Crippen LogP contribution in [-0.4, -0.2) is 12.6 Å². The summed E-state index contributed by atoms with van der Waals surface area (Å²) in [5.41, 5.74) is 4.27. The van der Waals surface area contributed by atoms with E-state index in [1.54, 1.807) is 10.4 Å². The van der Waals surface area contributed by atoms with E-state index in [0.717, 1.165) is 6.54 Å². The van der Waals surface area contributed by atoms with Gasteiger partial charge in [0.15, 0.2) is 0 Å². The molecular formula is C23H21NSi. The Bertz CT molecular complexity index is 1090. The Labute approximate surface area is 149 Å². The highest BCUT2D eigenvalue weighted by Gasteiger charge is 2.46. The van der Waals surface area contributed by atoms with E-state index in [2.05, 4.69) is 96.9 Å². The number of rotatable bonds is 2. The highest BCUT2D eigenvalue weighted by molar-refractivity contribution is 7.14. The first-order valence-electron chi connectivity index (χ1n) is 9.04. The predicted octanol–water partition coefficient (Wildman–Crippen LogP) is 3.74. The zero-order valence-corrected chi connectivity index (χ0v) is 15.7. The van der Waals surface area contributed by atoms with Crippen molar-refractivity contribution in [2.45, 2.75) is 20.0 Å². The summed E-state index contributed by atoms with van der Waals surface area (Å²) in [6.07, 6.45) is 0. The van der Waals surface area contributed by atoms with Gasteiger partial charge in [0.25, 0.3) is 0 Å². The Morgan fingerprint density at radius 3 is 2.28 bits per heavy atom. The molecule has 2 heterocycles. The molecule has 0 radical (unpaired) electrons. The van der Waals surface area contributed by atoms with E-state index in [4.69, 9.17) is 0 Å². The third kappa shape index (κ3) is 1.78. The molecule has 5 rings (SSSR count). The van der Waals surface area contributed by atoms with Crippen molar-refractivity contribution in [1.29, 1.82) is 0 Å². The molecule has 1 aromatic heterocycles. The van der Waals surface area contributed by atoms with Crippen molar-refractivity contribution >= 4 is 34.5 Å². The summed E-state index contributed by atoms with van der Waals surface area (Å²) in [6, 6.07) is 29.2. The van der Waals surface area contributed by atoms with Gasteiger partial charge in [-0.3, -0.25) is 0 Å². The van der Waals surface area contributed by atoms with Gasteiger partial charge in [0.05, 0.1) is 0 Å². The molecule has 25 heavy (non-hydrogen) atoms. The molecule has 1 unspecified atom stereocenters. The van der Waals surface area contributed by atoms with Crippen molar-refractivity contribution in [2.24, 2.45) is 0 Å². The minimum atomic E-state index is -1.98. The lowest BCUT2D eigenvalue weighted by Crippen LogP contribution is -2.62. The van der Waals surface area contributed by atoms with Gasteiger partial charge in [-0.2, -0.15) is 0 Å². The van der Waals surface area contributed by atoms with Crippen LogP contribution in [0, 0.1) is 0 Å². The standard InChI is InChI=1S/C23H21NSi/c1-3-24-20-15-9-7-13-18(20)23-22(24)19-14-8-10-16-21(19)25(23,2)17-11-5-4-6-12-17/h4-16H,3H2,1-2H3. The van der Waals surface area contributed by atoms with Gasteiger partial charge in [0.2, 0.25) is 0 Å². The van der Waals surface area contributed by atoms with Gasteiger partial charge >= 0.3 is 0 Å². The van der Waals surface area contributed by atoms with Crippen LogP contribution in [0.5, 0.6) is 0 Å². The van der Waals surface area contributed by atoms with Gasteiger partial charge in [-0.15, -0.1) is 0 Å². The maximum atomic E-state index is 2.53.